The van der Waals surface area contributed by atoms with Gasteiger partial charge in [0.15, 0.2) is 0 Å². The zero-order chi connectivity index (χ0) is 16.7. The number of rotatable bonds is 6. The summed E-state index contributed by atoms with van der Waals surface area (Å²) in [6.07, 6.45) is 3.85. The van der Waals surface area contributed by atoms with Gasteiger partial charge in [-0.3, -0.25) is 9.78 Å². The molecule has 0 aliphatic rings. The smallest absolute Gasteiger partial charge is 0.246 e. The molecule has 0 unspecified atom stereocenters. The van der Waals surface area contributed by atoms with Gasteiger partial charge >= 0.3 is 0 Å². The van der Waals surface area contributed by atoms with Crippen molar-refractivity contribution >= 4 is 17.3 Å². The van der Waals surface area contributed by atoms with Gasteiger partial charge < -0.3 is 10.4 Å². The highest BCUT2D eigenvalue weighted by atomic mass is 16.3. The molecule has 6 nitrogen and oxygen atoms in total. The summed E-state index contributed by atoms with van der Waals surface area (Å²) in [6, 6.07) is 8.61. The van der Waals surface area contributed by atoms with Gasteiger partial charge in [-0.25, -0.2) is 0 Å². The van der Waals surface area contributed by atoms with E-state index < -0.39 is 0 Å². The minimum Gasteiger partial charge on any atom is -0.506 e. The number of phenols is 1. The maximum Gasteiger partial charge on any atom is 0.246 e. The Morgan fingerprint density at radius 2 is 2.17 bits per heavy atom. The highest BCUT2D eigenvalue weighted by molar-refractivity contribution is 5.92. The molecule has 2 rings (SSSR count). The standard InChI is InChI=1S/C17H18N4O2/c1-12(2)17(23)19-9-7-13-5-6-16(22)15(10-13)21-20-14-4-3-8-18-11-14/h3-6,8,10-11,22H,1,7,9H2,2H3,(H,19,23). The second-order valence-electron chi connectivity index (χ2n) is 5.02. The average molecular weight is 310 g/mol. The fourth-order valence-corrected chi connectivity index (χ4v) is 1.80. The lowest BCUT2D eigenvalue weighted by Gasteiger charge is -2.06. The van der Waals surface area contributed by atoms with Crippen molar-refractivity contribution in [2.75, 3.05) is 6.54 Å². The van der Waals surface area contributed by atoms with Crippen LogP contribution in [0.4, 0.5) is 11.4 Å². The molecular formula is C17H18N4O2. The Labute approximate surface area is 134 Å². The van der Waals surface area contributed by atoms with E-state index in [0.717, 1.165) is 5.56 Å². The van der Waals surface area contributed by atoms with E-state index in [1.54, 1.807) is 49.6 Å². The Bertz CT molecular complexity index is 727. The largest absolute Gasteiger partial charge is 0.506 e. The summed E-state index contributed by atoms with van der Waals surface area (Å²) >= 11 is 0. The summed E-state index contributed by atoms with van der Waals surface area (Å²) in [5.41, 5.74) is 2.38. The predicted molar refractivity (Wildman–Crippen MR) is 88.0 cm³/mol. The van der Waals surface area contributed by atoms with Crippen LogP contribution in [0.1, 0.15) is 12.5 Å². The third kappa shape index (κ3) is 5.03. The van der Waals surface area contributed by atoms with Crippen molar-refractivity contribution in [1.82, 2.24) is 10.3 Å². The summed E-state index contributed by atoms with van der Waals surface area (Å²) in [6.45, 7) is 5.72. The molecule has 118 valence electrons. The number of amides is 1. The van der Waals surface area contributed by atoms with Crippen LogP contribution < -0.4 is 5.32 Å². The van der Waals surface area contributed by atoms with Gasteiger partial charge in [-0.2, -0.15) is 0 Å². The number of azo groups is 1. The Balaban J connectivity index is 2.02. The van der Waals surface area contributed by atoms with Gasteiger partial charge in [-0.1, -0.05) is 12.6 Å². The van der Waals surface area contributed by atoms with E-state index in [1.165, 1.54) is 0 Å². The number of hydrogen-bond acceptors (Lipinski definition) is 5. The summed E-state index contributed by atoms with van der Waals surface area (Å²) in [5.74, 6) is -0.118. The van der Waals surface area contributed by atoms with Crippen LogP contribution >= 0.6 is 0 Å². The SMILES string of the molecule is C=C(C)C(=O)NCCc1ccc(O)c(N=Nc2cccnc2)c1. The van der Waals surface area contributed by atoms with Crippen molar-refractivity contribution in [1.29, 1.82) is 0 Å². The van der Waals surface area contributed by atoms with Crippen LogP contribution in [0, 0.1) is 0 Å². The molecule has 1 heterocycles. The molecule has 0 saturated heterocycles. The maximum atomic E-state index is 11.4. The van der Waals surface area contributed by atoms with E-state index in [0.29, 0.717) is 29.9 Å². The van der Waals surface area contributed by atoms with E-state index in [1.807, 2.05) is 0 Å². The van der Waals surface area contributed by atoms with Crippen LogP contribution in [0.2, 0.25) is 0 Å². The molecule has 0 aliphatic heterocycles. The molecule has 1 amide bonds. The Morgan fingerprint density at radius 1 is 1.35 bits per heavy atom. The second kappa shape index (κ2) is 7.84. The number of benzene rings is 1. The molecular weight excluding hydrogens is 292 g/mol. The number of nitrogens with zero attached hydrogens (tertiary/aromatic N) is 3. The predicted octanol–water partition coefficient (Wildman–Crippen LogP) is 3.44. The number of carbonyl (C=O) groups is 1. The van der Waals surface area contributed by atoms with Gasteiger partial charge in [0.05, 0.1) is 6.20 Å². The molecule has 0 radical (unpaired) electrons. The van der Waals surface area contributed by atoms with Crippen LogP contribution in [0.25, 0.3) is 0 Å². The van der Waals surface area contributed by atoms with Gasteiger partial charge in [0.1, 0.15) is 17.1 Å². The maximum absolute atomic E-state index is 11.4. The summed E-state index contributed by atoms with van der Waals surface area (Å²) in [7, 11) is 0. The molecule has 23 heavy (non-hydrogen) atoms. The molecule has 0 aliphatic carbocycles. The topological polar surface area (TPSA) is 86.9 Å². The lowest BCUT2D eigenvalue weighted by atomic mass is 10.1. The minimum atomic E-state index is -0.166. The van der Waals surface area contributed by atoms with Crippen molar-refractivity contribution in [2.45, 2.75) is 13.3 Å². The fourth-order valence-electron chi connectivity index (χ4n) is 1.80. The van der Waals surface area contributed by atoms with Crippen LogP contribution in [0.5, 0.6) is 5.75 Å². The molecule has 6 heteroatoms. The highest BCUT2D eigenvalue weighted by Crippen LogP contribution is 2.29. The van der Waals surface area contributed by atoms with Gasteiger partial charge in [0.25, 0.3) is 0 Å². The lowest BCUT2D eigenvalue weighted by Crippen LogP contribution is -2.25. The number of pyridine rings is 1. The number of carbonyl (C=O) groups excluding carboxylic acids is 1. The fraction of sp³-hybridized carbons (Fsp3) is 0.176. The first kappa shape index (κ1) is 16.4. The minimum absolute atomic E-state index is 0.0485. The molecule has 2 aromatic rings. The number of aromatic hydroxyl groups is 1. The third-order valence-electron chi connectivity index (χ3n) is 3.05. The number of phenolic OH excluding ortho intramolecular Hbond substituents is 1. The lowest BCUT2D eigenvalue weighted by molar-refractivity contribution is -0.117. The van der Waals surface area contributed by atoms with Gasteiger partial charge in [-0.05, 0) is 43.2 Å². The summed E-state index contributed by atoms with van der Waals surface area (Å²) < 4.78 is 0. The van der Waals surface area contributed by atoms with Crippen LogP contribution in [0.15, 0.2) is 65.1 Å². The van der Waals surface area contributed by atoms with Crippen LogP contribution in [0.3, 0.4) is 0 Å². The van der Waals surface area contributed by atoms with Gasteiger partial charge in [-0.15, -0.1) is 10.2 Å². The van der Waals surface area contributed by atoms with E-state index in [-0.39, 0.29) is 11.7 Å². The molecule has 1 aromatic carbocycles. The zero-order valence-electron chi connectivity index (χ0n) is 12.9. The first-order chi connectivity index (χ1) is 11.1. The Hall–Kier alpha value is -3.02. The van der Waals surface area contributed by atoms with E-state index in [4.69, 9.17) is 0 Å². The molecule has 0 bridgehead atoms. The quantitative estimate of drug-likeness (QED) is 0.633. The van der Waals surface area contributed by atoms with Crippen molar-refractivity contribution in [3.63, 3.8) is 0 Å². The normalized spacial score (nSPS) is 10.7. The molecule has 1 aromatic heterocycles. The summed E-state index contributed by atoms with van der Waals surface area (Å²) in [5, 5.41) is 20.7. The number of nitrogens with one attached hydrogen (secondary N) is 1. The first-order valence-corrected chi connectivity index (χ1v) is 7.13. The van der Waals surface area contributed by atoms with E-state index >= 15 is 0 Å². The number of hydrogen-bond donors (Lipinski definition) is 2. The zero-order valence-corrected chi connectivity index (χ0v) is 12.9. The molecule has 0 spiro atoms. The highest BCUT2D eigenvalue weighted by Gasteiger charge is 2.04. The van der Waals surface area contributed by atoms with Gasteiger partial charge in [0, 0.05) is 18.3 Å². The molecule has 0 fully saturated rings. The van der Waals surface area contributed by atoms with E-state index in [2.05, 4.69) is 27.1 Å². The first-order valence-electron chi connectivity index (χ1n) is 7.13. The van der Waals surface area contributed by atoms with Crippen molar-refractivity contribution in [3.05, 3.63) is 60.4 Å². The van der Waals surface area contributed by atoms with Crippen molar-refractivity contribution in [3.8, 4) is 5.75 Å². The Kier molecular flexibility index (Phi) is 5.57. The van der Waals surface area contributed by atoms with Crippen LogP contribution in [-0.4, -0.2) is 22.5 Å². The second-order valence-corrected chi connectivity index (χ2v) is 5.02. The Morgan fingerprint density at radius 3 is 2.87 bits per heavy atom. The third-order valence-corrected chi connectivity index (χ3v) is 3.05. The number of aromatic nitrogens is 1. The van der Waals surface area contributed by atoms with Crippen molar-refractivity contribution in [2.24, 2.45) is 10.2 Å². The molecule has 0 saturated carbocycles. The van der Waals surface area contributed by atoms with Crippen molar-refractivity contribution < 1.29 is 9.90 Å². The molecule has 2 N–H and O–H groups in total. The monoisotopic (exact) mass is 310 g/mol. The average Bonchev–Trinajstić information content (AvgIpc) is 2.56. The molecule has 0 atom stereocenters. The van der Waals surface area contributed by atoms with E-state index in [9.17, 15) is 9.90 Å². The summed E-state index contributed by atoms with van der Waals surface area (Å²) in [4.78, 5) is 15.4. The van der Waals surface area contributed by atoms with Crippen LogP contribution in [-0.2, 0) is 11.2 Å². The van der Waals surface area contributed by atoms with Gasteiger partial charge in [0.2, 0.25) is 5.91 Å².